The lowest BCUT2D eigenvalue weighted by Gasteiger charge is -2.37. The molecule has 1 aromatic carbocycles. The lowest BCUT2D eigenvalue weighted by atomic mass is 10.1. The summed E-state index contributed by atoms with van der Waals surface area (Å²) < 4.78 is 0. The van der Waals surface area contributed by atoms with Crippen molar-refractivity contribution >= 4 is 17.7 Å². The Morgan fingerprint density at radius 1 is 1.50 bits per heavy atom. The van der Waals surface area contributed by atoms with Gasteiger partial charge < -0.3 is 10.0 Å². The van der Waals surface area contributed by atoms with E-state index >= 15 is 0 Å². The van der Waals surface area contributed by atoms with Gasteiger partial charge in [0.2, 0.25) is 0 Å². The SMILES string of the molecule is CC1SCCN(C(=O)c2cccc(C#CCO)c2)C1C. The van der Waals surface area contributed by atoms with E-state index in [0.717, 1.165) is 17.9 Å². The highest BCUT2D eigenvalue weighted by Gasteiger charge is 2.29. The number of carbonyl (C=O) groups is 1. The van der Waals surface area contributed by atoms with E-state index in [1.165, 1.54) is 0 Å². The Hall–Kier alpha value is -1.44. The third-order valence-corrected chi connectivity index (χ3v) is 4.90. The van der Waals surface area contributed by atoms with Crippen molar-refractivity contribution in [3.63, 3.8) is 0 Å². The second kappa shape index (κ2) is 6.83. The van der Waals surface area contributed by atoms with Crippen molar-refractivity contribution in [2.75, 3.05) is 18.9 Å². The van der Waals surface area contributed by atoms with Crippen LogP contribution in [0.3, 0.4) is 0 Å². The molecule has 0 saturated carbocycles. The van der Waals surface area contributed by atoms with Crippen LogP contribution in [0.1, 0.15) is 29.8 Å². The van der Waals surface area contributed by atoms with Gasteiger partial charge in [-0.05, 0) is 25.1 Å². The minimum absolute atomic E-state index is 0.0669. The molecule has 1 amide bonds. The van der Waals surface area contributed by atoms with Crippen molar-refractivity contribution in [1.82, 2.24) is 4.90 Å². The molecule has 0 aliphatic carbocycles. The number of carbonyl (C=O) groups excluding carboxylic acids is 1. The molecule has 2 atom stereocenters. The first-order valence-corrected chi connectivity index (χ1v) is 7.80. The van der Waals surface area contributed by atoms with Gasteiger partial charge in [-0.1, -0.05) is 24.8 Å². The van der Waals surface area contributed by atoms with Crippen LogP contribution >= 0.6 is 11.8 Å². The molecule has 106 valence electrons. The molecule has 20 heavy (non-hydrogen) atoms. The Bertz CT molecular complexity index is 547. The molecule has 1 aliphatic heterocycles. The van der Waals surface area contributed by atoms with Crippen LogP contribution in [0.25, 0.3) is 0 Å². The number of hydrogen-bond acceptors (Lipinski definition) is 3. The highest BCUT2D eigenvalue weighted by Crippen LogP contribution is 2.25. The van der Waals surface area contributed by atoms with Crippen LogP contribution in [0.4, 0.5) is 0 Å². The van der Waals surface area contributed by atoms with Gasteiger partial charge in [0.05, 0.1) is 0 Å². The number of aliphatic hydroxyl groups excluding tert-OH is 1. The molecule has 1 fully saturated rings. The fraction of sp³-hybridized carbons (Fsp3) is 0.438. The number of aliphatic hydroxyl groups is 1. The molecule has 2 rings (SSSR count). The highest BCUT2D eigenvalue weighted by molar-refractivity contribution is 8.00. The molecule has 1 aliphatic rings. The average Bonchev–Trinajstić information content (AvgIpc) is 2.47. The summed E-state index contributed by atoms with van der Waals surface area (Å²) >= 11 is 1.91. The second-order valence-corrected chi connectivity index (χ2v) is 6.34. The molecule has 1 saturated heterocycles. The maximum atomic E-state index is 12.6. The molecule has 4 heteroatoms. The van der Waals surface area contributed by atoms with E-state index in [9.17, 15) is 4.79 Å². The minimum Gasteiger partial charge on any atom is -0.384 e. The maximum absolute atomic E-state index is 12.6. The Morgan fingerprint density at radius 2 is 2.30 bits per heavy atom. The van der Waals surface area contributed by atoms with Crippen molar-refractivity contribution in [3.05, 3.63) is 35.4 Å². The van der Waals surface area contributed by atoms with E-state index < -0.39 is 0 Å². The number of rotatable bonds is 1. The molecule has 0 radical (unpaired) electrons. The van der Waals surface area contributed by atoms with Gasteiger partial charge in [-0.15, -0.1) is 0 Å². The molecule has 1 aromatic rings. The molecule has 1 N–H and O–H groups in total. The van der Waals surface area contributed by atoms with Gasteiger partial charge in [0.25, 0.3) is 5.91 Å². The first kappa shape index (κ1) is 15.0. The zero-order chi connectivity index (χ0) is 14.5. The number of amides is 1. The largest absolute Gasteiger partial charge is 0.384 e. The zero-order valence-corrected chi connectivity index (χ0v) is 12.6. The van der Waals surface area contributed by atoms with Crippen molar-refractivity contribution in [2.24, 2.45) is 0 Å². The number of nitrogens with zero attached hydrogens (tertiary/aromatic N) is 1. The van der Waals surface area contributed by atoms with Crippen LogP contribution in [0, 0.1) is 11.8 Å². The molecule has 0 spiro atoms. The fourth-order valence-corrected chi connectivity index (χ4v) is 3.36. The maximum Gasteiger partial charge on any atom is 0.254 e. The Labute approximate surface area is 124 Å². The topological polar surface area (TPSA) is 40.5 Å². The lowest BCUT2D eigenvalue weighted by Crippen LogP contribution is -2.47. The van der Waals surface area contributed by atoms with Gasteiger partial charge in [0, 0.05) is 34.7 Å². The Balaban J connectivity index is 2.20. The molecular weight excluding hydrogens is 270 g/mol. The first-order valence-electron chi connectivity index (χ1n) is 6.76. The molecule has 0 aromatic heterocycles. The lowest BCUT2D eigenvalue weighted by molar-refractivity contribution is 0.0698. The number of hydrogen-bond donors (Lipinski definition) is 1. The summed E-state index contributed by atoms with van der Waals surface area (Å²) in [5.41, 5.74) is 1.43. The van der Waals surface area contributed by atoms with E-state index in [0.29, 0.717) is 10.8 Å². The summed E-state index contributed by atoms with van der Waals surface area (Å²) in [5, 5.41) is 9.19. The van der Waals surface area contributed by atoms with Crippen molar-refractivity contribution < 1.29 is 9.90 Å². The minimum atomic E-state index is -0.171. The van der Waals surface area contributed by atoms with Crippen LogP contribution < -0.4 is 0 Å². The Morgan fingerprint density at radius 3 is 3.05 bits per heavy atom. The van der Waals surface area contributed by atoms with Gasteiger partial charge in [-0.25, -0.2) is 0 Å². The van der Waals surface area contributed by atoms with Crippen molar-refractivity contribution in [2.45, 2.75) is 25.1 Å². The summed E-state index contributed by atoms with van der Waals surface area (Å²) in [7, 11) is 0. The highest BCUT2D eigenvalue weighted by atomic mass is 32.2. The number of thioether (sulfide) groups is 1. The standard InChI is InChI=1S/C16H19NO2S/c1-12-13(2)20-10-8-17(12)16(19)15-7-3-5-14(11-15)6-4-9-18/h3,5,7,11-13,18H,8-10H2,1-2H3. The van der Waals surface area contributed by atoms with Crippen LogP contribution in [0.15, 0.2) is 24.3 Å². The van der Waals surface area contributed by atoms with Crippen LogP contribution in [0.2, 0.25) is 0 Å². The van der Waals surface area contributed by atoms with Gasteiger partial charge in [0.1, 0.15) is 6.61 Å². The number of benzene rings is 1. The van der Waals surface area contributed by atoms with E-state index in [-0.39, 0.29) is 18.6 Å². The van der Waals surface area contributed by atoms with Gasteiger partial charge in [-0.2, -0.15) is 11.8 Å². The monoisotopic (exact) mass is 289 g/mol. The molecule has 0 bridgehead atoms. The fourth-order valence-electron chi connectivity index (χ4n) is 2.26. The summed E-state index contributed by atoms with van der Waals surface area (Å²) in [6.07, 6.45) is 0. The van der Waals surface area contributed by atoms with E-state index in [4.69, 9.17) is 5.11 Å². The summed E-state index contributed by atoms with van der Waals surface area (Å²) in [4.78, 5) is 14.5. The first-order chi connectivity index (χ1) is 9.63. The van der Waals surface area contributed by atoms with Crippen LogP contribution in [-0.2, 0) is 0 Å². The molecular formula is C16H19NO2S. The summed E-state index contributed by atoms with van der Waals surface area (Å²) in [6.45, 7) is 4.89. The smallest absolute Gasteiger partial charge is 0.254 e. The van der Waals surface area contributed by atoms with Gasteiger partial charge in [-0.3, -0.25) is 4.79 Å². The quantitative estimate of drug-likeness (QED) is 0.804. The van der Waals surface area contributed by atoms with Crippen molar-refractivity contribution in [1.29, 1.82) is 0 Å². The van der Waals surface area contributed by atoms with Crippen LogP contribution in [-0.4, -0.2) is 46.1 Å². The zero-order valence-electron chi connectivity index (χ0n) is 11.8. The van der Waals surface area contributed by atoms with Gasteiger partial charge in [0.15, 0.2) is 0 Å². The van der Waals surface area contributed by atoms with E-state index in [1.54, 1.807) is 6.07 Å². The van der Waals surface area contributed by atoms with Crippen LogP contribution in [0.5, 0.6) is 0 Å². The van der Waals surface area contributed by atoms with E-state index in [1.807, 2.05) is 34.9 Å². The van der Waals surface area contributed by atoms with Gasteiger partial charge >= 0.3 is 0 Å². The average molecular weight is 289 g/mol. The van der Waals surface area contributed by atoms with Crippen molar-refractivity contribution in [3.8, 4) is 11.8 Å². The third-order valence-electron chi connectivity index (χ3n) is 3.57. The second-order valence-electron chi connectivity index (χ2n) is 4.86. The predicted molar refractivity (Wildman–Crippen MR) is 82.8 cm³/mol. The summed E-state index contributed by atoms with van der Waals surface area (Å²) in [6, 6.07) is 7.54. The molecule has 3 nitrogen and oxygen atoms in total. The van der Waals surface area contributed by atoms with E-state index in [2.05, 4.69) is 25.7 Å². The molecule has 1 heterocycles. The third kappa shape index (κ3) is 3.36. The summed E-state index contributed by atoms with van der Waals surface area (Å²) in [5.74, 6) is 6.50. The Kier molecular flexibility index (Phi) is 5.11. The molecule has 2 unspecified atom stereocenters. The predicted octanol–water partition coefficient (Wildman–Crippen LogP) is 2.00. The normalized spacial score (nSPS) is 22.1.